The summed E-state index contributed by atoms with van der Waals surface area (Å²) in [6.07, 6.45) is 4.57. The number of carbonyl (C=O) groups excluding carboxylic acids is 1. The van der Waals surface area contributed by atoms with Crippen LogP contribution in [0.15, 0.2) is 36.7 Å². The summed E-state index contributed by atoms with van der Waals surface area (Å²) in [6.45, 7) is 0. The summed E-state index contributed by atoms with van der Waals surface area (Å²) in [5.74, 6) is 0.0521. The fourth-order valence-corrected chi connectivity index (χ4v) is 1.90. The molecule has 2 rings (SSSR count). The predicted molar refractivity (Wildman–Crippen MR) is 75.8 cm³/mol. The third-order valence-electron chi connectivity index (χ3n) is 3.12. The van der Waals surface area contributed by atoms with Crippen LogP contribution in [0.25, 0.3) is 0 Å². The molecular weight excluding hydrogens is 240 g/mol. The van der Waals surface area contributed by atoms with E-state index in [0.717, 1.165) is 16.9 Å². The Morgan fingerprint density at radius 1 is 1.42 bits per heavy atom. The second kappa shape index (κ2) is 5.56. The summed E-state index contributed by atoms with van der Waals surface area (Å²) in [4.78, 5) is 13.7. The van der Waals surface area contributed by atoms with Crippen LogP contribution >= 0.6 is 0 Å². The fraction of sp³-hybridized carbons (Fsp3) is 0.286. The van der Waals surface area contributed by atoms with Crippen molar-refractivity contribution >= 4 is 17.3 Å². The van der Waals surface area contributed by atoms with Crippen LogP contribution in [0.1, 0.15) is 12.0 Å². The largest absolute Gasteiger partial charge is 0.399 e. The van der Waals surface area contributed by atoms with E-state index in [4.69, 9.17) is 5.73 Å². The maximum absolute atomic E-state index is 12.1. The Kier molecular flexibility index (Phi) is 3.85. The van der Waals surface area contributed by atoms with E-state index in [2.05, 4.69) is 5.10 Å². The van der Waals surface area contributed by atoms with Crippen molar-refractivity contribution in [2.45, 2.75) is 12.8 Å². The number of nitrogens with zero attached hydrogens (tertiary/aromatic N) is 3. The van der Waals surface area contributed by atoms with Crippen LogP contribution in [0.2, 0.25) is 0 Å². The Morgan fingerprint density at radius 2 is 2.16 bits per heavy atom. The maximum Gasteiger partial charge on any atom is 0.227 e. The summed E-state index contributed by atoms with van der Waals surface area (Å²) >= 11 is 0. The first kappa shape index (κ1) is 13.1. The van der Waals surface area contributed by atoms with E-state index >= 15 is 0 Å². The summed E-state index contributed by atoms with van der Waals surface area (Å²) < 4.78 is 1.67. The molecule has 5 nitrogen and oxygen atoms in total. The maximum atomic E-state index is 12.1. The zero-order valence-corrected chi connectivity index (χ0v) is 11.2. The number of amides is 1. The Labute approximate surface area is 112 Å². The number of aryl methyl sites for hydroxylation is 2. The molecule has 2 N–H and O–H groups in total. The van der Waals surface area contributed by atoms with Crippen molar-refractivity contribution in [3.63, 3.8) is 0 Å². The number of para-hydroxylation sites is 1. The highest BCUT2D eigenvalue weighted by molar-refractivity contribution is 5.92. The van der Waals surface area contributed by atoms with Gasteiger partial charge in [0.25, 0.3) is 0 Å². The van der Waals surface area contributed by atoms with Crippen molar-refractivity contribution < 1.29 is 4.79 Å². The molecule has 1 aromatic heterocycles. The van der Waals surface area contributed by atoms with Gasteiger partial charge >= 0.3 is 0 Å². The molecule has 0 saturated carbocycles. The van der Waals surface area contributed by atoms with Gasteiger partial charge in [0.05, 0.1) is 11.9 Å². The van der Waals surface area contributed by atoms with Crippen LogP contribution in [-0.2, 0) is 18.3 Å². The van der Waals surface area contributed by atoms with Gasteiger partial charge in [-0.2, -0.15) is 5.10 Å². The van der Waals surface area contributed by atoms with Gasteiger partial charge in [-0.1, -0.05) is 18.2 Å². The molecule has 0 aliphatic carbocycles. The zero-order valence-electron chi connectivity index (χ0n) is 11.2. The molecule has 0 unspecified atom stereocenters. The average Bonchev–Trinajstić information content (AvgIpc) is 2.83. The molecule has 0 saturated heterocycles. The highest BCUT2D eigenvalue weighted by atomic mass is 16.2. The highest BCUT2D eigenvalue weighted by Gasteiger charge is 2.12. The van der Waals surface area contributed by atoms with Gasteiger partial charge in [0.2, 0.25) is 5.91 Å². The molecule has 1 aromatic carbocycles. The van der Waals surface area contributed by atoms with E-state index in [1.54, 1.807) is 22.8 Å². The zero-order chi connectivity index (χ0) is 13.8. The standard InChI is InChI=1S/C14H18N4O/c1-17-10-12(9-16-17)18(2)14(19)8-7-11-5-3-4-6-13(11)15/h3-6,9-10H,7-8,15H2,1-2H3. The second-order valence-corrected chi connectivity index (χ2v) is 4.52. The number of nitrogens with two attached hydrogens (primary N) is 1. The molecular formula is C14H18N4O. The van der Waals surface area contributed by atoms with Crippen LogP contribution in [0.5, 0.6) is 0 Å². The predicted octanol–water partition coefficient (Wildman–Crippen LogP) is 1.60. The Hall–Kier alpha value is -2.30. The SMILES string of the molecule is CN(C(=O)CCc1ccccc1N)c1cnn(C)c1. The smallest absolute Gasteiger partial charge is 0.227 e. The van der Waals surface area contributed by atoms with Crippen LogP contribution in [0.4, 0.5) is 11.4 Å². The van der Waals surface area contributed by atoms with Crippen molar-refractivity contribution in [3.8, 4) is 0 Å². The molecule has 1 amide bonds. The number of hydrogen-bond donors (Lipinski definition) is 1. The number of nitrogen functional groups attached to an aromatic ring is 1. The Balaban J connectivity index is 1.96. The summed E-state index contributed by atoms with van der Waals surface area (Å²) in [6, 6.07) is 7.63. The van der Waals surface area contributed by atoms with Gasteiger partial charge in [-0.3, -0.25) is 9.48 Å². The number of anilines is 2. The number of benzene rings is 1. The lowest BCUT2D eigenvalue weighted by atomic mass is 10.1. The lowest BCUT2D eigenvalue weighted by Crippen LogP contribution is -2.26. The summed E-state index contributed by atoms with van der Waals surface area (Å²) in [5, 5.41) is 4.06. The van der Waals surface area contributed by atoms with E-state index < -0.39 is 0 Å². The second-order valence-electron chi connectivity index (χ2n) is 4.52. The van der Waals surface area contributed by atoms with Crippen molar-refractivity contribution in [2.75, 3.05) is 17.7 Å². The van der Waals surface area contributed by atoms with Crippen LogP contribution in [-0.4, -0.2) is 22.7 Å². The third kappa shape index (κ3) is 3.13. The molecule has 0 atom stereocenters. The lowest BCUT2D eigenvalue weighted by molar-refractivity contribution is -0.118. The van der Waals surface area contributed by atoms with Crippen molar-refractivity contribution in [3.05, 3.63) is 42.2 Å². The number of rotatable bonds is 4. The first-order valence-electron chi connectivity index (χ1n) is 6.16. The molecule has 5 heteroatoms. The number of aromatic nitrogens is 2. The summed E-state index contributed by atoms with van der Waals surface area (Å²) in [5.41, 5.74) is 8.40. The van der Waals surface area contributed by atoms with Gasteiger partial charge < -0.3 is 10.6 Å². The van der Waals surface area contributed by atoms with Gasteiger partial charge in [0, 0.05) is 32.4 Å². The highest BCUT2D eigenvalue weighted by Crippen LogP contribution is 2.15. The Morgan fingerprint density at radius 3 is 2.79 bits per heavy atom. The van der Waals surface area contributed by atoms with E-state index in [9.17, 15) is 4.79 Å². The molecule has 0 aliphatic heterocycles. The first-order valence-corrected chi connectivity index (χ1v) is 6.16. The van der Waals surface area contributed by atoms with E-state index in [0.29, 0.717) is 12.8 Å². The number of carbonyl (C=O) groups is 1. The molecule has 0 fully saturated rings. The van der Waals surface area contributed by atoms with Gasteiger partial charge in [-0.05, 0) is 18.1 Å². The molecule has 100 valence electrons. The van der Waals surface area contributed by atoms with Gasteiger partial charge in [-0.15, -0.1) is 0 Å². The third-order valence-corrected chi connectivity index (χ3v) is 3.12. The van der Waals surface area contributed by atoms with E-state index in [-0.39, 0.29) is 5.91 Å². The number of hydrogen-bond acceptors (Lipinski definition) is 3. The van der Waals surface area contributed by atoms with E-state index in [1.165, 1.54) is 0 Å². The minimum absolute atomic E-state index is 0.0521. The molecule has 19 heavy (non-hydrogen) atoms. The van der Waals surface area contributed by atoms with Gasteiger partial charge in [0.15, 0.2) is 0 Å². The lowest BCUT2D eigenvalue weighted by Gasteiger charge is -2.15. The van der Waals surface area contributed by atoms with E-state index in [1.807, 2.05) is 37.5 Å². The van der Waals surface area contributed by atoms with Crippen LogP contribution in [0.3, 0.4) is 0 Å². The van der Waals surface area contributed by atoms with Crippen LogP contribution < -0.4 is 10.6 Å². The van der Waals surface area contributed by atoms with Crippen molar-refractivity contribution in [1.82, 2.24) is 9.78 Å². The molecule has 0 radical (unpaired) electrons. The normalized spacial score (nSPS) is 10.4. The minimum Gasteiger partial charge on any atom is -0.399 e. The topological polar surface area (TPSA) is 64.2 Å². The van der Waals surface area contributed by atoms with Gasteiger partial charge in [-0.25, -0.2) is 0 Å². The molecule has 0 bridgehead atoms. The minimum atomic E-state index is 0.0521. The quantitative estimate of drug-likeness (QED) is 0.847. The molecule has 0 spiro atoms. The molecule has 0 aliphatic rings. The monoisotopic (exact) mass is 258 g/mol. The summed E-state index contributed by atoms with van der Waals surface area (Å²) in [7, 11) is 3.58. The van der Waals surface area contributed by atoms with Crippen molar-refractivity contribution in [1.29, 1.82) is 0 Å². The van der Waals surface area contributed by atoms with Crippen molar-refractivity contribution in [2.24, 2.45) is 7.05 Å². The average molecular weight is 258 g/mol. The van der Waals surface area contributed by atoms with Gasteiger partial charge in [0.1, 0.15) is 0 Å². The first-order chi connectivity index (χ1) is 9.08. The Bertz CT molecular complexity index is 576. The molecule has 1 heterocycles. The molecule has 2 aromatic rings. The fourth-order valence-electron chi connectivity index (χ4n) is 1.90. The van der Waals surface area contributed by atoms with Crippen LogP contribution in [0, 0.1) is 0 Å².